The Balaban J connectivity index is 1.61. The first-order chi connectivity index (χ1) is 8.86. The zero-order valence-electron chi connectivity index (χ0n) is 10.5. The van der Waals surface area contributed by atoms with Crippen LogP contribution in [0.3, 0.4) is 0 Å². The Hall–Kier alpha value is -1.55. The van der Waals surface area contributed by atoms with Crippen LogP contribution in [0.5, 0.6) is 5.75 Å². The van der Waals surface area contributed by atoms with Crippen LogP contribution >= 0.6 is 0 Å². The Kier molecular flexibility index (Phi) is 5.02. The van der Waals surface area contributed by atoms with Crippen molar-refractivity contribution in [2.45, 2.75) is 12.8 Å². The molecule has 0 atom stereocenters. The first-order valence-corrected chi connectivity index (χ1v) is 6.39. The Labute approximate surface area is 107 Å². The summed E-state index contributed by atoms with van der Waals surface area (Å²) in [7, 11) is 0. The van der Waals surface area contributed by atoms with Crippen LogP contribution in [0.15, 0.2) is 30.3 Å². The lowest BCUT2D eigenvalue weighted by Gasteiger charge is -2.26. The van der Waals surface area contributed by atoms with Crippen LogP contribution in [0.4, 0.5) is 0 Å². The quantitative estimate of drug-likeness (QED) is 0.746. The first-order valence-electron chi connectivity index (χ1n) is 6.39. The molecule has 4 heteroatoms. The van der Waals surface area contributed by atoms with Gasteiger partial charge in [0.05, 0.1) is 19.8 Å². The average Bonchev–Trinajstić information content (AvgIpc) is 2.45. The number of morpholine rings is 1. The average molecular weight is 249 g/mol. The molecule has 0 radical (unpaired) electrons. The number of ether oxygens (including phenoxy) is 2. The van der Waals surface area contributed by atoms with Gasteiger partial charge in [0, 0.05) is 19.5 Å². The number of carbonyl (C=O) groups is 1. The lowest BCUT2D eigenvalue weighted by molar-refractivity contribution is -0.135. The van der Waals surface area contributed by atoms with E-state index in [0.717, 1.165) is 25.3 Å². The Bertz CT molecular complexity index is 361. The predicted octanol–water partition coefficient (Wildman–Crippen LogP) is 1.70. The van der Waals surface area contributed by atoms with E-state index in [2.05, 4.69) is 0 Å². The van der Waals surface area contributed by atoms with E-state index >= 15 is 0 Å². The molecule has 1 aliphatic heterocycles. The van der Waals surface area contributed by atoms with Crippen LogP contribution < -0.4 is 4.74 Å². The molecule has 0 unspecified atom stereocenters. The summed E-state index contributed by atoms with van der Waals surface area (Å²) in [5.41, 5.74) is 0. The highest BCUT2D eigenvalue weighted by Gasteiger charge is 2.15. The van der Waals surface area contributed by atoms with Gasteiger partial charge in [-0.2, -0.15) is 0 Å². The minimum absolute atomic E-state index is 0.204. The highest BCUT2D eigenvalue weighted by molar-refractivity contribution is 5.76. The molecule has 98 valence electrons. The van der Waals surface area contributed by atoms with E-state index in [1.807, 2.05) is 35.2 Å². The molecule has 0 saturated carbocycles. The highest BCUT2D eigenvalue weighted by atomic mass is 16.5. The summed E-state index contributed by atoms with van der Waals surface area (Å²) >= 11 is 0. The summed E-state index contributed by atoms with van der Waals surface area (Å²) in [6, 6.07) is 9.67. The van der Waals surface area contributed by atoms with Gasteiger partial charge in [0.15, 0.2) is 0 Å². The molecule has 18 heavy (non-hydrogen) atoms. The predicted molar refractivity (Wildman–Crippen MR) is 68.6 cm³/mol. The van der Waals surface area contributed by atoms with Gasteiger partial charge in [0.1, 0.15) is 5.75 Å². The summed E-state index contributed by atoms with van der Waals surface area (Å²) in [5.74, 6) is 1.06. The molecule has 0 N–H and O–H groups in total. The molecule has 0 aliphatic carbocycles. The summed E-state index contributed by atoms with van der Waals surface area (Å²) in [5, 5.41) is 0. The van der Waals surface area contributed by atoms with E-state index in [1.165, 1.54) is 0 Å². The molecular formula is C14H19NO3. The van der Waals surface area contributed by atoms with Gasteiger partial charge in [-0.15, -0.1) is 0 Å². The van der Waals surface area contributed by atoms with Gasteiger partial charge >= 0.3 is 0 Å². The molecule has 0 bridgehead atoms. The van der Waals surface area contributed by atoms with Crippen molar-refractivity contribution >= 4 is 5.91 Å². The zero-order chi connectivity index (χ0) is 12.6. The Morgan fingerprint density at radius 1 is 1.22 bits per heavy atom. The molecule has 1 heterocycles. The van der Waals surface area contributed by atoms with E-state index in [0.29, 0.717) is 26.2 Å². The largest absolute Gasteiger partial charge is 0.494 e. The summed E-state index contributed by atoms with van der Waals surface area (Å²) in [6.45, 7) is 3.34. The third kappa shape index (κ3) is 4.04. The van der Waals surface area contributed by atoms with Crippen LogP contribution in [-0.2, 0) is 9.53 Å². The van der Waals surface area contributed by atoms with Gasteiger partial charge in [-0.05, 0) is 18.6 Å². The second-order valence-electron chi connectivity index (χ2n) is 4.26. The van der Waals surface area contributed by atoms with Crippen molar-refractivity contribution in [3.63, 3.8) is 0 Å². The van der Waals surface area contributed by atoms with Crippen molar-refractivity contribution in [3.05, 3.63) is 30.3 Å². The Morgan fingerprint density at radius 2 is 1.94 bits per heavy atom. The lowest BCUT2D eigenvalue weighted by atomic mass is 10.2. The normalized spacial score (nSPS) is 15.4. The second kappa shape index (κ2) is 7.01. The van der Waals surface area contributed by atoms with Crippen molar-refractivity contribution in [1.82, 2.24) is 4.90 Å². The van der Waals surface area contributed by atoms with Crippen LogP contribution in [0.1, 0.15) is 12.8 Å². The fourth-order valence-electron chi connectivity index (χ4n) is 1.90. The molecule has 1 amide bonds. The number of nitrogens with zero attached hydrogens (tertiary/aromatic N) is 1. The number of benzene rings is 1. The van der Waals surface area contributed by atoms with Crippen LogP contribution in [0.25, 0.3) is 0 Å². The summed E-state index contributed by atoms with van der Waals surface area (Å²) in [4.78, 5) is 13.7. The van der Waals surface area contributed by atoms with Gasteiger partial charge in [0.25, 0.3) is 0 Å². The number of hydrogen-bond donors (Lipinski definition) is 0. The van der Waals surface area contributed by atoms with E-state index in [1.54, 1.807) is 0 Å². The Morgan fingerprint density at radius 3 is 2.67 bits per heavy atom. The number of para-hydroxylation sites is 1. The zero-order valence-corrected chi connectivity index (χ0v) is 10.5. The van der Waals surface area contributed by atoms with Crippen molar-refractivity contribution in [2.24, 2.45) is 0 Å². The van der Waals surface area contributed by atoms with Crippen LogP contribution in [0, 0.1) is 0 Å². The highest BCUT2D eigenvalue weighted by Crippen LogP contribution is 2.09. The number of hydrogen-bond acceptors (Lipinski definition) is 3. The molecule has 0 aromatic heterocycles. The molecule has 1 saturated heterocycles. The topological polar surface area (TPSA) is 38.8 Å². The maximum atomic E-state index is 11.8. The van der Waals surface area contributed by atoms with Gasteiger partial charge in [-0.1, -0.05) is 18.2 Å². The summed E-state index contributed by atoms with van der Waals surface area (Å²) in [6.07, 6.45) is 1.30. The van der Waals surface area contributed by atoms with E-state index in [9.17, 15) is 4.79 Å². The van der Waals surface area contributed by atoms with Gasteiger partial charge in [-0.3, -0.25) is 4.79 Å². The molecule has 0 spiro atoms. The van der Waals surface area contributed by atoms with E-state index in [4.69, 9.17) is 9.47 Å². The SMILES string of the molecule is O=C(CCCOc1ccccc1)N1CCOCC1. The standard InChI is InChI=1S/C14H19NO3/c16-14(15-8-11-17-12-9-15)7-4-10-18-13-5-2-1-3-6-13/h1-3,5-6H,4,7-12H2. The lowest BCUT2D eigenvalue weighted by Crippen LogP contribution is -2.40. The molecule has 4 nitrogen and oxygen atoms in total. The third-order valence-electron chi connectivity index (χ3n) is 2.91. The number of amides is 1. The van der Waals surface area contributed by atoms with E-state index in [-0.39, 0.29) is 5.91 Å². The maximum absolute atomic E-state index is 11.8. The van der Waals surface area contributed by atoms with Gasteiger partial charge < -0.3 is 14.4 Å². The fourth-order valence-corrected chi connectivity index (χ4v) is 1.90. The third-order valence-corrected chi connectivity index (χ3v) is 2.91. The van der Waals surface area contributed by atoms with E-state index < -0.39 is 0 Å². The van der Waals surface area contributed by atoms with Crippen molar-refractivity contribution < 1.29 is 14.3 Å². The van der Waals surface area contributed by atoms with Gasteiger partial charge in [-0.25, -0.2) is 0 Å². The minimum atomic E-state index is 0.204. The number of carbonyl (C=O) groups excluding carboxylic acids is 1. The van der Waals surface area contributed by atoms with Crippen LogP contribution in [0.2, 0.25) is 0 Å². The monoisotopic (exact) mass is 249 g/mol. The maximum Gasteiger partial charge on any atom is 0.222 e. The van der Waals surface area contributed by atoms with Crippen molar-refractivity contribution in [2.75, 3.05) is 32.9 Å². The van der Waals surface area contributed by atoms with Crippen molar-refractivity contribution in [1.29, 1.82) is 0 Å². The number of rotatable bonds is 5. The summed E-state index contributed by atoms with van der Waals surface area (Å²) < 4.78 is 10.8. The molecule has 1 aliphatic rings. The molecule has 2 rings (SSSR count). The second-order valence-corrected chi connectivity index (χ2v) is 4.26. The molecule has 1 fully saturated rings. The first kappa shape index (κ1) is 12.9. The molecule has 1 aromatic carbocycles. The molecular weight excluding hydrogens is 230 g/mol. The van der Waals surface area contributed by atoms with Crippen LogP contribution in [-0.4, -0.2) is 43.7 Å². The minimum Gasteiger partial charge on any atom is -0.494 e. The fraction of sp³-hybridized carbons (Fsp3) is 0.500. The van der Waals surface area contributed by atoms with Gasteiger partial charge in [0.2, 0.25) is 5.91 Å². The van der Waals surface area contributed by atoms with Crippen molar-refractivity contribution in [3.8, 4) is 5.75 Å². The smallest absolute Gasteiger partial charge is 0.222 e. The molecule has 1 aromatic rings.